The number of nitrogens with zero attached hydrogens (tertiary/aromatic N) is 1. The first kappa shape index (κ1) is 16.0. The Morgan fingerprint density at radius 3 is 2.81 bits per heavy atom. The highest BCUT2D eigenvalue weighted by Gasteiger charge is 2.27. The zero-order chi connectivity index (χ0) is 14.8. The molecule has 2 atom stereocenters. The van der Waals surface area contributed by atoms with E-state index < -0.39 is 0 Å². The van der Waals surface area contributed by atoms with Gasteiger partial charge in [-0.25, -0.2) is 0 Å². The summed E-state index contributed by atoms with van der Waals surface area (Å²) in [6, 6.07) is 3.61. The molecular weight excluding hydrogens is 344 g/mol. The van der Waals surface area contributed by atoms with Crippen molar-refractivity contribution >= 4 is 27.3 Å². The minimum absolute atomic E-state index is 0.570. The van der Waals surface area contributed by atoms with Crippen molar-refractivity contribution in [2.75, 3.05) is 19.6 Å². The summed E-state index contributed by atoms with van der Waals surface area (Å²) in [6.07, 6.45) is 6.65. The molecule has 3 rings (SSSR count). The molecule has 2 aliphatic rings. The molecule has 1 aromatic rings. The van der Waals surface area contributed by atoms with E-state index in [1.165, 1.54) is 49.0 Å². The van der Waals surface area contributed by atoms with E-state index in [0.717, 1.165) is 12.5 Å². The summed E-state index contributed by atoms with van der Waals surface area (Å²) in [4.78, 5) is 4.29. The van der Waals surface area contributed by atoms with Gasteiger partial charge in [0.05, 0.1) is 3.79 Å². The Morgan fingerprint density at radius 2 is 2.10 bits per heavy atom. The Labute approximate surface area is 141 Å². The molecule has 118 valence electrons. The molecule has 0 spiro atoms. The van der Waals surface area contributed by atoms with Gasteiger partial charge in [0.2, 0.25) is 0 Å². The van der Waals surface area contributed by atoms with Crippen molar-refractivity contribution < 1.29 is 0 Å². The number of thiophene rings is 1. The van der Waals surface area contributed by atoms with Crippen molar-refractivity contribution in [2.45, 2.75) is 58.0 Å². The van der Waals surface area contributed by atoms with Gasteiger partial charge in [0.25, 0.3) is 0 Å². The Kier molecular flexibility index (Phi) is 5.41. The highest BCUT2D eigenvalue weighted by atomic mass is 79.9. The molecule has 1 saturated heterocycles. The molecule has 0 bridgehead atoms. The van der Waals surface area contributed by atoms with Gasteiger partial charge in [-0.05, 0) is 78.7 Å². The summed E-state index contributed by atoms with van der Waals surface area (Å²) in [5.74, 6) is 0.730. The molecule has 0 radical (unpaired) electrons. The monoisotopic (exact) mass is 370 g/mol. The van der Waals surface area contributed by atoms with E-state index in [9.17, 15) is 0 Å². The lowest BCUT2D eigenvalue weighted by Crippen LogP contribution is -2.45. The van der Waals surface area contributed by atoms with E-state index in [0.29, 0.717) is 12.1 Å². The van der Waals surface area contributed by atoms with Crippen LogP contribution >= 0.6 is 27.3 Å². The second kappa shape index (κ2) is 7.12. The standard InChI is InChI=1S/C17H27BrN2S/c1-12(2)15(20-8-3-4-9-20)11-19-14-6-5-7-16-13(14)10-17(18)21-16/h10,12,14-15,19H,3-9,11H2,1-2H3. The SMILES string of the molecule is CC(C)C(CNC1CCCc2sc(Br)cc21)N1CCCC1. The van der Waals surface area contributed by atoms with Crippen LogP contribution in [0.5, 0.6) is 0 Å². The predicted molar refractivity (Wildman–Crippen MR) is 95.1 cm³/mol. The van der Waals surface area contributed by atoms with Gasteiger partial charge in [0.1, 0.15) is 0 Å². The second-order valence-corrected chi connectivity index (χ2v) is 9.35. The number of nitrogens with one attached hydrogen (secondary N) is 1. The first-order valence-corrected chi connectivity index (χ1v) is 10.0. The summed E-state index contributed by atoms with van der Waals surface area (Å²) >= 11 is 5.59. The van der Waals surface area contributed by atoms with Crippen molar-refractivity contribution in [3.8, 4) is 0 Å². The minimum Gasteiger partial charge on any atom is -0.308 e. The number of hydrogen-bond acceptors (Lipinski definition) is 3. The van der Waals surface area contributed by atoms with E-state index in [1.807, 2.05) is 11.3 Å². The molecule has 1 fully saturated rings. The van der Waals surface area contributed by atoms with Crippen LogP contribution in [0.1, 0.15) is 56.0 Å². The number of aryl methyl sites for hydroxylation is 1. The molecule has 1 N–H and O–H groups in total. The van der Waals surface area contributed by atoms with Gasteiger partial charge >= 0.3 is 0 Å². The summed E-state index contributed by atoms with van der Waals surface area (Å²) < 4.78 is 1.29. The number of likely N-dealkylation sites (tertiary alicyclic amines) is 1. The zero-order valence-corrected chi connectivity index (χ0v) is 15.6. The molecule has 2 heterocycles. The maximum atomic E-state index is 3.89. The minimum atomic E-state index is 0.570. The van der Waals surface area contributed by atoms with Crippen LogP contribution in [0.3, 0.4) is 0 Å². The van der Waals surface area contributed by atoms with Crippen LogP contribution in [0.15, 0.2) is 9.85 Å². The van der Waals surface area contributed by atoms with Crippen molar-refractivity contribution in [2.24, 2.45) is 5.92 Å². The maximum Gasteiger partial charge on any atom is 0.0704 e. The average Bonchev–Trinajstić information content (AvgIpc) is 3.07. The maximum absolute atomic E-state index is 3.89. The van der Waals surface area contributed by atoms with Gasteiger partial charge in [-0.15, -0.1) is 11.3 Å². The van der Waals surface area contributed by atoms with Crippen molar-refractivity contribution in [1.29, 1.82) is 0 Å². The van der Waals surface area contributed by atoms with Crippen LogP contribution in [0.4, 0.5) is 0 Å². The molecule has 21 heavy (non-hydrogen) atoms. The fraction of sp³-hybridized carbons (Fsp3) is 0.765. The van der Waals surface area contributed by atoms with E-state index in [4.69, 9.17) is 0 Å². The predicted octanol–water partition coefficient (Wildman–Crippen LogP) is 4.60. The van der Waals surface area contributed by atoms with Gasteiger partial charge in [0.15, 0.2) is 0 Å². The van der Waals surface area contributed by atoms with E-state index in [1.54, 1.807) is 10.4 Å². The molecule has 2 unspecified atom stereocenters. The quantitative estimate of drug-likeness (QED) is 0.814. The Hall–Kier alpha value is 0.1000. The summed E-state index contributed by atoms with van der Waals surface area (Å²) in [5.41, 5.74) is 1.56. The Balaban J connectivity index is 1.63. The summed E-state index contributed by atoms with van der Waals surface area (Å²) in [6.45, 7) is 8.47. The van der Waals surface area contributed by atoms with Crippen molar-refractivity contribution in [3.05, 3.63) is 20.3 Å². The molecule has 2 nitrogen and oxygen atoms in total. The molecular formula is C17H27BrN2S. The molecule has 0 aromatic carbocycles. The fourth-order valence-corrected chi connectivity index (χ4v) is 5.68. The van der Waals surface area contributed by atoms with Gasteiger partial charge < -0.3 is 5.32 Å². The smallest absolute Gasteiger partial charge is 0.0704 e. The Bertz CT molecular complexity index is 465. The largest absolute Gasteiger partial charge is 0.308 e. The number of rotatable bonds is 5. The van der Waals surface area contributed by atoms with Gasteiger partial charge in [-0.2, -0.15) is 0 Å². The van der Waals surface area contributed by atoms with Gasteiger partial charge in [-0.3, -0.25) is 4.90 Å². The lowest BCUT2D eigenvalue weighted by molar-refractivity contribution is 0.180. The highest BCUT2D eigenvalue weighted by Crippen LogP contribution is 2.38. The summed E-state index contributed by atoms with van der Waals surface area (Å²) in [5, 5.41) is 3.89. The lowest BCUT2D eigenvalue weighted by Gasteiger charge is -2.33. The van der Waals surface area contributed by atoms with E-state index in [-0.39, 0.29) is 0 Å². The van der Waals surface area contributed by atoms with Crippen LogP contribution in [0.2, 0.25) is 0 Å². The van der Waals surface area contributed by atoms with Crippen molar-refractivity contribution in [3.63, 3.8) is 0 Å². The third-order valence-corrected chi connectivity index (χ3v) is 6.75. The van der Waals surface area contributed by atoms with Crippen LogP contribution in [0.25, 0.3) is 0 Å². The highest BCUT2D eigenvalue weighted by molar-refractivity contribution is 9.11. The number of fused-ring (bicyclic) bond motifs is 1. The fourth-order valence-electron chi connectivity index (χ4n) is 3.86. The molecule has 0 amide bonds. The van der Waals surface area contributed by atoms with E-state index >= 15 is 0 Å². The first-order chi connectivity index (χ1) is 10.1. The van der Waals surface area contributed by atoms with Crippen LogP contribution in [0, 0.1) is 5.92 Å². The van der Waals surface area contributed by atoms with Crippen LogP contribution < -0.4 is 5.32 Å². The Morgan fingerprint density at radius 1 is 1.33 bits per heavy atom. The molecule has 1 aliphatic carbocycles. The molecule has 4 heteroatoms. The second-order valence-electron chi connectivity index (χ2n) is 6.84. The van der Waals surface area contributed by atoms with E-state index in [2.05, 4.69) is 46.1 Å². The molecule has 1 aromatic heterocycles. The summed E-state index contributed by atoms with van der Waals surface area (Å²) in [7, 11) is 0. The normalized spacial score (nSPS) is 24.5. The zero-order valence-electron chi connectivity index (χ0n) is 13.2. The topological polar surface area (TPSA) is 15.3 Å². The third-order valence-electron chi connectivity index (χ3n) is 5.04. The van der Waals surface area contributed by atoms with Crippen molar-refractivity contribution in [1.82, 2.24) is 10.2 Å². The number of halogens is 1. The lowest BCUT2D eigenvalue weighted by atomic mass is 9.93. The number of hydrogen-bond donors (Lipinski definition) is 1. The third kappa shape index (κ3) is 3.72. The molecule has 0 saturated carbocycles. The van der Waals surface area contributed by atoms with Crippen LogP contribution in [-0.4, -0.2) is 30.6 Å². The van der Waals surface area contributed by atoms with Gasteiger partial charge in [0, 0.05) is 23.5 Å². The van der Waals surface area contributed by atoms with Gasteiger partial charge in [-0.1, -0.05) is 13.8 Å². The first-order valence-electron chi connectivity index (χ1n) is 8.40. The van der Waals surface area contributed by atoms with Crippen LogP contribution in [-0.2, 0) is 6.42 Å². The molecule has 1 aliphatic heterocycles. The average molecular weight is 371 g/mol.